The third kappa shape index (κ3) is 2.24. The Morgan fingerprint density at radius 3 is 2.92 bits per heavy atom. The van der Waals surface area contributed by atoms with E-state index in [-0.39, 0.29) is 6.04 Å². The van der Waals surface area contributed by atoms with E-state index in [0.717, 1.165) is 33.5 Å². The molecule has 1 aliphatic rings. The average Bonchev–Trinajstić information content (AvgIpc) is 3.18. The van der Waals surface area contributed by atoms with Crippen molar-refractivity contribution in [1.82, 2.24) is 4.98 Å². The van der Waals surface area contributed by atoms with E-state index < -0.39 is 6.10 Å². The highest BCUT2D eigenvalue weighted by molar-refractivity contribution is 5.92. The molecule has 5 heteroatoms. The van der Waals surface area contributed by atoms with Crippen molar-refractivity contribution in [2.45, 2.75) is 19.1 Å². The molecule has 0 saturated carbocycles. The number of fused-ring (bicyclic) bond motifs is 3. The number of aromatic amines is 1. The number of rotatable bonds is 2. The van der Waals surface area contributed by atoms with Gasteiger partial charge in [-0.3, -0.25) is 0 Å². The molecule has 1 aromatic heterocycles. The molecule has 0 amide bonds. The van der Waals surface area contributed by atoms with E-state index in [1.54, 1.807) is 13.0 Å². The molecule has 0 spiro atoms. The molecule has 0 bridgehead atoms. The lowest BCUT2D eigenvalue weighted by molar-refractivity contribution is 0.199. The maximum atomic E-state index is 9.86. The number of hydrogen-bond donors (Lipinski definition) is 3. The number of aromatic nitrogens is 1. The van der Waals surface area contributed by atoms with Crippen molar-refractivity contribution in [3.63, 3.8) is 0 Å². The number of H-pyrrole nitrogens is 1. The predicted molar refractivity (Wildman–Crippen MR) is 91.5 cm³/mol. The van der Waals surface area contributed by atoms with Gasteiger partial charge in [0.25, 0.3) is 0 Å². The number of nitrogens with zero attached hydrogens (tertiary/aromatic N) is 1. The Morgan fingerprint density at radius 2 is 2.17 bits per heavy atom. The molecule has 4 rings (SSSR count). The van der Waals surface area contributed by atoms with Gasteiger partial charge >= 0.3 is 0 Å². The first-order chi connectivity index (χ1) is 11.6. The second-order valence-corrected chi connectivity index (χ2v) is 6.18. The van der Waals surface area contributed by atoms with E-state index >= 15 is 0 Å². The molecule has 120 valence electrons. The van der Waals surface area contributed by atoms with Crippen LogP contribution >= 0.6 is 0 Å². The number of benzene rings is 2. The molecule has 3 aromatic rings. The van der Waals surface area contributed by atoms with Crippen LogP contribution < -0.4 is 10.5 Å². The largest absolute Gasteiger partial charge is 0.491 e. The van der Waals surface area contributed by atoms with Crippen LogP contribution in [0.1, 0.15) is 35.8 Å². The summed E-state index contributed by atoms with van der Waals surface area (Å²) >= 11 is 0. The fourth-order valence-corrected chi connectivity index (χ4v) is 3.18. The molecular weight excluding hydrogens is 302 g/mol. The highest BCUT2D eigenvalue weighted by atomic mass is 16.5. The first kappa shape index (κ1) is 14.8. The molecule has 0 radical (unpaired) electrons. The number of ether oxygens (including phenoxy) is 1. The van der Waals surface area contributed by atoms with Crippen LogP contribution in [0.15, 0.2) is 36.4 Å². The summed E-state index contributed by atoms with van der Waals surface area (Å²) in [6, 6.07) is 13.5. The van der Waals surface area contributed by atoms with Crippen molar-refractivity contribution < 1.29 is 9.84 Å². The van der Waals surface area contributed by atoms with Gasteiger partial charge in [0.05, 0.1) is 23.8 Å². The van der Waals surface area contributed by atoms with Crippen LogP contribution in [0.4, 0.5) is 0 Å². The fourth-order valence-electron chi connectivity index (χ4n) is 3.18. The Bertz CT molecular complexity index is 982. The molecule has 1 unspecified atom stereocenters. The highest BCUT2D eigenvalue weighted by Crippen LogP contribution is 2.39. The third-order valence-corrected chi connectivity index (χ3v) is 4.47. The van der Waals surface area contributed by atoms with Gasteiger partial charge in [-0.25, -0.2) is 0 Å². The minimum atomic E-state index is -0.632. The van der Waals surface area contributed by atoms with Gasteiger partial charge in [0.1, 0.15) is 12.4 Å². The first-order valence-corrected chi connectivity index (χ1v) is 7.84. The van der Waals surface area contributed by atoms with Crippen LogP contribution in [-0.4, -0.2) is 16.7 Å². The molecule has 0 aliphatic carbocycles. The minimum Gasteiger partial charge on any atom is -0.491 e. The highest BCUT2D eigenvalue weighted by Gasteiger charge is 2.23. The zero-order valence-electron chi connectivity index (χ0n) is 13.2. The summed E-state index contributed by atoms with van der Waals surface area (Å²) in [5.41, 5.74) is 11.0. The molecule has 0 saturated heterocycles. The summed E-state index contributed by atoms with van der Waals surface area (Å²) in [6.07, 6.45) is -0.632. The Labute approximate surface area is 139 Å². The Hall–Kier alpha value is -2.81. The van der Waals surface area contributed by atoms with Crippen molar-refractivity contribution in [2.75, 3.05) is 6.61 Å². The molecule has 4 N–H and O–H groups in total. The lowest BCUT2D eigenvalue weighted by Gasteiger charge is -2.08. The SMILES string of the molecule is CC(O)c1cc(C#N)cc(-c2cc3c4c(ccc3[nH]2)[C@H](N)CO4)c1. The van der Waals surface area contributed by atoms with Crippen molar-refractivity contribution in [3.05, 3.63) is 53.1 Å². The molecule has 2 atom stereocenters. The number of aliphatic hydroxyl groups is 1. The van der Waals surface area contributed by atoms with E-state index in [4.69, 9.17) is 10.5 Å². The van der Waals surface area contributed by atoms with Gasteiger partial charge in [-0.15, -0.1) is 0 Å². The summed E-state index contributed by atoms with van der Waals surface area (Å²) < 4.78 is 5.74. The van der Waals surface area contributed by atoms with Crippen LogP contribution in [0, 0.1) is 11.3 Å². The molecule has 0 fully saturated rings. The number of nitriles is 1. The second kappa shape index (κ2) is 5.38. The van der Waals surface area contributed by atoms with E-state index in [1.807, 2.05) is 30.3 Å². The van der Waals surface area contributed by atoms with Gasteiger partial charge in [-0.05, 0) is 48.4 Å². The zero-order chi connectivity index (χ0) is 16.8. The van der Waals surface area contributed by atoms with Crippen LogP contribution in [0.2, 0.25) is 0 Å². The van der Waals surface area contributed by atoms with Crippen molar-refractivity contribution in [2.24, 2.45) is 5.73 Å². The quantitative estimate of drug-likeness (QED) is 0.676. The van der Waals surface area contributed by atoms with Crippen LogP contribution in [0.25, 0.3) is 22.2 Å². The monoisotopic (exact) mass is 319 g/mol. The summed E-state index contributed by atoms with van der Waals surface area (Å²) in [4.78, 5) is 3.36. The molecule has 1 aliphatic heterocycles. The zero-order valence-corrected chi connectivity index (χ0v) is 13.2. The lowest BCUT2D eigenvalue weighted by Crippen LogP contribution is -2.10. The smallest absolute Gasteiger partial charge is 0.133 e. The van der Waals surface area contributed by atoms with Gasteiger partial charge in [0.15, 0.2) is 0 Å². The summed E-state index contributed by atoms with van der Waals surface area (Å²) in [5.74, 6) is 0.828. The third-order valence-electron chi connectivity index (χ3n) is 4.47. The molecule has 2 heterocycles. The summed E-state index contributed by atoms with van der Waals surface area (Å²) in [5, 5.41) is 20.1. The Balaban J connectivity index is 1.89. The van der Waals surface area contributed by atoms with E-state index in [9.17, 15) is 10.4 Å². The van der Waals surface area contributed by atoms with Gasteiger partial charge in [-0.1, -0.05) is 6.07 Å². The maximum absolute atomic E-state index is 9.86. The normalized spacial score (nSPS) is 17.3. The lowest BCUT2D eigenvalue weighted by atomic mass is 10.0. The number of nitrogens with one attached hydrogen (secondary N) is 1. The van der Waals surface area contributed by atoms with E-state index in [2.05, 4.69) is 11.1 Å². The number of hydrogen-bond acceptors (Lipinski definition) is 4. The van der Waals surface area contributed by atoms with Crippen molar-refractivity contribution in [3.8, 4) is 23.1 Å². The van der Waals surface area contributed by atoms with E-state index in [1.165, 1.54) is 0 Å². The van der Waals surface area contributed by atoms with Crippen molar-refractivity contribution in [1.29, 1.82) is 5.26 Å². The molecule has 24 heavy (non-hydrogen) atoms. The minimum absolute atomic E-state index is 0.0912. The standard InChI is InChI=1S/C19H17N3O2/c1-10(23)12-4-11(8-20)5-13(6-12)18-7-15-17(22-18)3-2-14-16(21)9-24-19(14)15/h2-7,10,16,22-23H,9,21H2,1H3/t10?,16-/m1/s1. The Kier molecular flexibility index (Phi) is 3.31. The molecule has 5 nitrogen and oxygen atoms in total. The maximum Gasteiger partial charge on any atom is 0.133 e. The van der Waals surface area contributed by atoms with Crippen LogP contribution in [-0.2, 0) is 0 Å². The van der Waals surface area contributed by atoms with Crippen LogP contribution in [0.3, 0.4) is 0 Å². The topological polar surface area (TPSA) is 95.1 Å². The number of aliphatic hydroxyl groups excluding tert-OH is 1. The predicted octanol–water partition coefficient (Wildman–Crippen LogP) is 3.15. The first-order valence-electron chi connectivity index (χ1n) is 7.84. The van der Waals surface area contributed by atoms with E-state index in [0.29, 0.717) is 17.7 Å². The summed E-state index contributed by atoms with van der Waals surface area (Å²) in [7, 11) is 0. The van der Waals surface area contributed by atoms with Gasteiger partial charge in [-0.2, -0.15) is 5.26 Å². The molecular formula is C19H17N3O2. The van der Waals surface area contributed by atoms with Gasteiger partial charge in [0, 0.05) is 22.2 Å². The summed E-state index contributed by atoms with van der Waals surface area (Å²) in [6.45, 7) is 2.18. The second-order valence-electron chi connectivity index (χ2n) is 6.18. The number of nitrogens with two attached hydrogens (primary N) is 1. The fraction of sp³-hybridized carbons (Fsp3) is 0.211. The van der Waals surface area contributed by atoms with Crippen molar-refractivity contribution >= 4 is 10.9 Å². The Morgan fingerprint density at radius 1 is 1.33 bits per heavy atom. The van der Waals surface area contributed by atoms with Gasteiger partial charge < -0.3 is 20.6 Å². The average molecular weight is 319 g/mol. The molecule has 2 aromatic carbocycles. The van der Waals surface area contributed by atoms with Crippen LogP contribution in [0.5, 0.6) is 5.75 Å². The van der Waals surface area contributed by atoms with Gasteiger partial charge in [0.2, 0.25) is 0 Å².